The molecule has 0 unspecified atom stereocenters. The number of nitro groups is 1. The van der Waals surface area contributed by atoms with E-state index < -0.39 is 30.1 Å². The highest BCUT2D eigenvalue weighted by atomic mass is 35.7. The summed E-state index contributed by atoms with van der Waals surface area (Å²) in [4.78, 5) is 19.6. The van der Waals surface area contributed by atoms with Crippen LogP contribution in [0.5, 0.6) is 0 Å². The topological polar surface area (TPSA) is 118 Å². The maximum absolute atomic E-state index is 11.1. The highest BCUT2D eigenvalue weighted by Gasteiger charge is 2.25. The third-order valence-electron chi connectivity index (χ3n) is 1.83. The van der Waals surface area contributed by atoms with Gasteiger partial charge >= 0.3 is 0 Å². The van der Waals surface area contributed by atoms with Crippen LogP contribution in [0.15, 0.2) is 17.0 Å². The van der Waals surface area contributed by atoms with Crippen LogP contribution >= 0.6 is 10.7 Å². The standard InChI is InChI=1S/C8H3ClN2O5S/c9-17(15,16)8-2-5(3-10)1-7(11(13)14)6(8)4-12/h1-2,4H. The van der Waals surface area contributed by atoms with Gasteiger partial charge in [0.2, 0.25) is 0 Å². The molecule has 0 aromatic heterocycles. The average molecular weight is 275 g/mol. The van der Waals surface area contributed by atoms with Gasteiger partial charge in [0.15, 0.2) is 6.29 Å². The normalized spacial score (nSPS) is 10.6. The van der Waals surface area contributed by atoms with E-state index in [4.69, 9.17) is 15.9 Å². The van der Waals surface area contributed by atoms with Crippen molar-refractivity contribution in [3.63, 3.8) is 0 Å². The van der Waals surface area contributed by atoms with Crippen LogP contribution in [0.3, 0.4) is 0 Å². The molecule has 0 aliphatic carbocycles. The summed E-state index contributed by atoms with van der Waals surface area (Å²) in [5, 5.41) is 19.2. The van der Waals surface area contributed by atoms with Gasteiger partial charge in [0.1, 0.15) is 10.5 Å². The Bertz CT molecular complexity index is 647. The fraction of sp³-hybridized carbons (Fsp3) is 0. The lowest BCUT2D eigenvalue weighted by Gasteiger charge is -2.02. The molecule has 0 bridgehead atoms. The summed E-state index contributed by atoms with van der Waals surface area (Å²) in [5.74, 6) is 0. The Kier molecular flexibility index (Phi) is 3.45. The first kappa shape index (κ1) is 13.1. The van der Waals surface area contributed by atoms with Crippen molar-refractivity contribution in [3.8, 4) is 6.07 Å². The summed E-state index contributed by atoms with van der Waals surface area (Å²) in [6, 6.07) is 3.15. The fourth-order valence-corrected chi connectivity index (χ4v) is 2.21. The highest BCUT2D eigenvalue weighted by Crippen LogP contribution is 2.28. The summed E-state index contributed by atoms with van der Waals surface area (Å²) in [7, 11) is 0.681. The van der Waals surface area contributed by atoms with Crippen LogP contribution in [0, 0.1) is 21.4 Å². The van der Waals surface area contributed by atoms with Gasteiger partial charge in [-0.05, 0) is 6.07 Å². The van der Waals surface area contributed by atoms with E-state index in [1.807, 2.05) is 0 Å². The zero-order chi connectivity index (χ0) is 13.2. The second kappa shape index (κ2) is 4.48. The number of aldehydes is 1. The van der Waals surface area contributed by atoms with Gasteiger partial charge in [-0.1, -0.05) is 0 Å². The van der Waals surface area contributed by atoms with Gasteiger partial charge < -0.3 is 0 Å². The van der Waals surface area contributed by atoms with Gasteiger partial charge in [0.25, 0.3) is 14.7 Å². The quantitative estimate of drug-likeness (QED) is 0.354. The third-order valence-corrected chi connectivity index (χ3v) is 3.19. The number of halogens is 1. The summed E-state index contributed by atoms with van der Waals surface area (Å²) in [6.07, 6.45) is 0.00848. The number of rotatable bonds is 3. The van der Waals surface area contributed by atoms with Gasteiger partial charge in [-0.15, -0.1) is 0 Å². The first-order valence-corrected chi connectivity index (χ1v) is 6.24. The fourth-order valence-electron chi connectivity index (χ4n) is 1.15. The Balaban J connectivity index is 3.83. The molecule has 0 N–H and O–H groups in total. The molecule has 7 nitrogen and oxygen atoms in total. The summed E-state index contributed by atoms with van der Waals surface area (Å²) in [5.41, 5.74) is -1.73. The van der Waals surface area contributed by atoms with Crippen LogP contribution in [0.4, 0.5) is 5.69 Å². The van der Waals surface area contributed by atoms with E-state index in [0.29, 0.717) is 0 Å². The lowest BCUT2D eigenvalue weighted by molar-refractivity contribution is -0.385. The first-order chi connectivity index (χ1) is 7.81. The monoisotopic (exact) mass is 274 g/mol. The van der Waals surface area contributed by atoms with E-state index >= 15 is 0 Å². The molecule has 0 fully saturated rings. The van der Waals surface area contributed by atoms with Gasteiger partial charge in [-0.25, -0.2) is 8.42 Å². The predicted octanol–water partition coefficient (Wildman–Crippen LogP) is 1.21. The highest BCUT2D eigenvalue weighted by molar-refractivity contribution is 8.13. The minimum Gasteiger partial charge on any atom is -0.298 e. The SMILES string of the molecule is N#Cc1cc([N+](=O)[O-])c(C=O)c(S(=O)(=O)Cl)c1. The molecule has 0 heterocycles. The van der Waals surface area contributed by atoms with E-state index in [1.54, 1.807) is 6.07 Å². The minimum absolute atomic E-state index is 0.00848. The molecule has 0 saturated carbocycles. The Hall–Kier alpha value is -1.98. The van der Waals surface area contributed by atoms with Crippen molar-refractivity contribution in [1.29, 1.82) is 5.26 Å². The smallest absolute Gasteiger partial charge is 0.282 e. The molecule has 1 aromatic rings. The van der Waals surface area contributed by atoms with Crippen molar-refractivity contribution in [2.75, 3.05) is 0 Å². The number of nitriles is 1. The maximum Gasteiger partial charge on any atom is 0.282 e. The van der Waals surface area contributed by atoms with Crippen molar-refractivity contribution in [2.45, 2.75) is 4.90 Å². The Morgan fingerprint density at radius 3 is 2.41 bits per heavy atom. The van der Waals surface area contributed by atoms with Gasteiger partial charge in [-0.3, -0.25) is 14.9 Å². The molecule has 17 heavy (non-hydrogen) atoms. The van der Waals surface area contributed by atoms with E-state index in [0.717, 1.165) is 12.1 Å². The molecule has 1 rings (SSSR count). The third kappa shape index (κ3) is 2.58. The molecule has 0 radical (unpaired) electrons. The van der Waals surface area contributed by atoms with E-state index in [9.17, 15) is 23.3 Å². The number of hydrogen-bond donors (Lipinski definition) is 0. The number of nitrogens with zero attached hydrogens (tertiary/aromatic N) is 2. The molecular weight excluding hydrogens is 272 g/mol. The molecule has 0 aliphatic heterocycles. The number of hydrogen-bond acceptors (Lipinski definition) is 6. The number of carbonyl (C=O) groups is 1. The van der Waals surface area contributed by atoms with E-state index in [2.05, 4.69) is 0 Å². The van der Waals surface area contributed by atoms with Crippen LogP contribution in [0.1, 0.15) is 15.9 Å². The average Bonchev–Trinajstić information content (AvgIpc) is 2.25. The van der Waals surface area contributed by atoms with E-state index in [1.165, 1.54) is 0 Å². The molecule has 1 aromatic carbocycles. The number of carbonyl (C=O) groups excluding carboxylic acids is 1. The second-order valence-electron chi connectivity index (χ2n) is 2.83. The van der Waals surface area contributed by atoms with Crippen LogP contribution in [0.2, 0.25) is 0 Å². The summed E-state index contributed by atoms with van der Waals surface area (Å²) >= 11 is 0. The lowest BCUT2D eigenvalue weighted by Crippen LogP contribution is -2.03. The largest absolute Gasteiger partial charge is 0.298 e. The molecule has 88 valence electrons. The molecule has 0 spiro atoms. The van der Waals surface area contributed by atoms with Crippen molar-refractivity contribution in [2.24, 2.45) is 0 Å². The van der Waals surface area contributed by atoms with Crippen LogP contribution in [-0.4, -0.2) is 19.6 Å². The van der Waals surface area contributed by atoms with Gasteiger partial charge in [0, 0.05) is 16.7 Å². The summed E-state index contributed by atoms with van der Waals surface area (Å²) < 4.78 is 22.3. The second-order valence-corrected chi connectivity index (χ2v) is 5.37. The van der Waals surface area contributed by atoms with E-state index in [-0.39, 0.29) is 11.8 Å². The van der Waals surface area contributed by atoms with Crippen LogP contribution in [0.25, 0.3) is 0 Å². The molecule has 0 amide bonds. The Morgan fingerprint density at radius 1 is 1.47 bits per heavy atom. The molecule has 0 saturated heterocycles. The molecule has 9 heteroatoms. The zero-order valence-electron chi connectivity index (χ0n) is 7.95. The van der Waals surface area contributed by atoms with Crippen molar-refractivity contribution >= 4 is 31.7 Å². The minimum atomic E-state index is -4.35. The Labute approximate surface area is 99.8 Å². The molecule has 0 atom stereocenters. The van der Waals surface area contributed by atoms with Gasteiger partial charge in [-0.2, -0.15) is 5.26 Å². The number of benzene rings is 1. The lowest BCUT2D eigenvalue weighted by atomic mass is 10.1. The Morgan fingerprint density at radius 2 is 2.06 bits per heavy atom. The molecule has 0 aliphatic rings. The van der Waals surface area contributed by atoms with Crippen molar-refractivity contribution in [1.82, 2.24) is 0 Å². The maximum atomic E-state index is 11.1. The predicted molar refractivity (Wildman–Crippen MR) is 56.2 cm³/mol. The zero-order valence-corrected chi connectivity index (χ0v) is 9.53. The van der Waals surface area contributed by atoms with Crippen LogP contribution in [-0.2, 0) is 9.05 Å². The number of nitro benzene ring substituents is 1. The van der Waals surface area contributed by atoms with Crippen LogP contribution < -0.4 is 0 Å². The van der Waals surface area contributed by atoms with Crippen molar-refractivity contribution in [3.05, 3.63) is 33.4 Å². The van der Waals surface area contributed by atoms with Crippen molar-refractivity contribution < 1.29 is 18.1 Å². The summed E-state index contributed by atoms with van der Waals surface area (Å²) in [6.45, 7) is 0. The first-order valence-electron chi connectivity index (χ1n) is 3.93. The van der Waals surface area contributed by atoms with Gasteiger partial charge in [0.05, 0.1) is 16.6 Å². The molecular formula is C8H3ClN2O5S.